The van der Waals surface area contributed by atoms with Crippen LogP contribution in [0.15, 0.2) is 182 Å². The molecule has 10 aromatic rings. The van der Waals surface area contributed by atoms with E-state index in [-0.39, 0.29) is 0 Å². The fourth-order valence-electron chi connectivity index (χ4n) is 7.83. The van der Waals surface area contributed by atoms with E-state index < -0.39 is 0 Å². The Morgan fingerprint density at radius 3 is 1.48 bits per heavy atom. The van der Waals surface area contributed by atoms with E-state index in [1.54, 1.807) is 0 Å². The Morgan fingerprint density at radius 1 is 0.280 bits per heavy atom. The molecule has 2 nitrogen and oxygen atoms in total. The van der Waals surface area contributed by atoms with Crippen molar-refractivity contribution in [2.24, 2.45) is 0 Å². The Hall–Kier alpha value is -6.64. The monoisotopic (exact) mass is 634 g/mol. The van der Waals surface area contributed by atoms with Crippen LogP contribution in [0.3, 0.4) is 0 Å². The van der Waals surface area contributed by atoms with Gasteiger partial charge in [0.05, 0.1) is 16.7 Å². The molecule has 2 heteroatoms. The fourth-order valence-corrected chi connectivity index (χ4v) is 7.83. The van der Waals surface area contributed by atoms with Gasteiger partial charge in [-0.15, -0.1) is 0 Å². The SMILES string of the molecule is c1ccc(-c2c3ccccc3c(-c3ccccc3)c3cc(-c4cccc(-c5ccc6c7ccccc7c7cccnc7c6n5)c4)ccc23)cc1. The lowest BCUT2D eigenvalue weighted by atomic mass is 9.85. The van der Waals surface area contributed by atoms with Crippen LogP contribution in [0.2, 0.25) is 0 Å². The summed E-state index contributed by atoms with van der Waals surface area (Å²) in [5, 5.41) is 9.65. The summed E-state index contributed by atoms with van der Waals surface area (Å²) in [6.07, 6.45) is 1.86. The lowest BCUT2D eigenvalue weighted by Crippen LogP contribution is -1.92. The molecule has 0 aliphatic carbocycles. The van der Waals surface area contributed by atoms with E-state index in [9.17, 15) is 0 Å². The van der Waals surface area contributed by atoms with Crippen molar-refractivity contribution in [3.63, 3.8) is 0 Å². The summed E-state index contributed by atoms with van der Waals surface area (Å²) in [6.45, 7) is 0. The van der Waals surface area contributed by atoms with E-state index >= 15 is 0 Å². The smallest absolute Gasteiger partial charge is 0.0978 e. The third kappa shape index (κ3) is 4.50. The lowest BCUT2D eigenvalue weighted by Gasteiger charge is -2.19. The van der Waals surface area contributed by atoms with E-state index in [1.807, 2.05) is 12.3 Å². The Bertz CT molecular complexity index is 2880. The molecule has 0 spiro atoms. The number of nitrogens with zero attached hydrogens (tertiary/aromatic N) is 2. The molecule has 0 amide bonds. The summed E-state index contributed by atoms with van der Waals surface area (Å²) in [6, 6.07) is 63.2. The molecule has 0 saturated heterocycles. The minimum atomic E-state index is 0.931. The molecular weight excluding hydrogens is 605 g/mol. The van der Waals surface area contributed by atoms with Crippen LogP contribution in [-0.2, 0) is 0 Å². The van der Waals surface area contributed by atoms with Gasteiger partial charge in [-0.05, 0) is 96.0 Å². The van der Waals surface area contributed by atoms with Gasteiger partial charge in [0.1, 0.15) is 0 Å². The quantitative estimate of drug-likeness (QED) is 0.142. The van der Waals surface area contributed by atoms with E-state index in [0.29, 0.717) is 0 Å². The van der Waals surface area contributed by atoms with Crippen LogP contribution in [0.5, 0.6) is 0 Å². The van der Waals surface area contributed by atoms with Gasteiger partial charge < -0.3 is 0 Å². The zero-order valence-corrected chi connectivity index (χ0v) is 27.2. The predicted octanol–water partition coefficient (Wildman–Crippen LogP) is 12.9. The molecule has 8 aromatic carbocycles. The summed E-state index contributed by atoms with van der Waals surface area (Å²) >= 11 is 0. The van der Waals surface area contributed by atoms with Crippen molar-refractivity contribution in [3.8, 4) is 44.6 Å². The highest BCUT2D eigenvalue weighted by molar-refractivity contribution is 6.24. The maximum atomic E-state index is 5.28. The van der Waals surface area contributed by atoms with Gasteiger partial charge in [-0.3, -0.25) is 4.98 Å². The Balaban J connectivity index is 1.19. The molecule has 2 aromatic heterocycles. The first-order valence-corrected chi connectivity index (χ1v) is 17.1. The molecule has 0 unspecified atom stereocenters. The Labute approximate surface area is 290 Å². The second kappa shape index (κ2) is 11.5. The van der Waals surface area contributed by atoms with Gasteiger partial charge in [-0.2, -0.15) is 0 Å². The molecule has 0 saturated carbocycles. The maximum Gasteiger partial charge on any atom is 0.0978 e. The summed E-state index contributed by atoms with van der Waals surface area (Å²) in [7, 11) is 0. The molecule has 0 bridgehead atoms. The van der Waals surface area contributed by atoms with Gasteiger partial charge in [0.25, 0.3) is 0 Å². The van der Waals surface area contributed by atoms with Gasteiger partial charge in [-0.25, -0.2) is 4.98 Å². The summed E-state index contributed by atoms with van der Waals surface area (Å²) in [5.74, 6) is 0. The summed E-state index contributed by atoms with van der Waals surface area (Å²) < 4.78 is 0. The average Bonchev–Trinajstić information content (AvgIpc) is 3.20. The maximum absolute atomic E-state index is 5.28. The highest BCUT2D eigenvalue weighted by Gasteiger charge is 2.18. The van der Waals surface area contributed by atoms with Crippen LogP contribution in [0.25, 0.3) is 98.8 Å². The first kappa shape index (κ1) is 28.4. The number of hydrogen-bond donors (Lipinski definition) is 0. The number of benzene rings is 8. The molecule has 0 fully saturated rings. The van der Waals surface area contributed by atoms with Crippen LogP contribution in [0, 0.1) is 0 Å². The van der Waals surface area contributed by atoms with Crippen molar-refractivity contribution in [1.82, 2.24) is 9.97 Å². The molecule has 2 heterocycles. The Kier molecular flexibility index (Phi) is 6.53. The molecule has 10 rings (SSSR count). The third-order valence-corrected chi connectivity index (χ3v) is 10.1. The van der Waals surface area contributed by atoms with Gasteiger partial charge in [0.15, 0.2) is 0 Å². The third-order valence-electron chi connectivity index (χ3n) is 10.1. The second-order valence-electron chi connectivity index (χ2n) is 12.9. The summed E-state index contributed by atoms with van der Waals surface area (Å²) in [4.78, 5) is 10.1. The van der Waals surface area contributed by atoms with E-state index in [4.69, 9.17) is 9.97 Å². The van der Waals surface area contributed by atoms with Gasteiger partial charge in [0.2, 0.25) is 0 Å². The van der Waals surface area contributed by atoms with Crippen LogP contribution in [0.1, 0.15) is 0 Å². The standard InChI is InChI=1S/C48H30N2/c1-3-13-31(14-4-1)45-38-21-9-10-22-39(38)46(32-15-5-2-6-16-32)43-30-34(24-25-40(43)45)33-17-11-18-35(29-33)44-27-26-42-37-20-8-7-19-36(37)41-23-12-28-49-47(41)48(42)50-44/h1-30H. The van der Waals surface area contributed by atoms with E-state index in [1.165, 1.54) is 60.1 Å². The Morgan fingerprint density at radius 2 is 0.780 bits per heavy atom. The molecule has 50 heavy (non-hydrogen) atoms. The minimum Gasteiger partial charge on any atom is -0.254 e. The fraction of sp³-hybridized carbons (Fsp3) is 0. The normalized spacial score (nSPS) is 11.6. The second-order valence-corrected chi connectivity index (χ2v) is 12.9. The molecule has 0 N–H and O–H groups in total. The van der Waals surface area contributed by atoms with Crippen LogP contribution in [0.4, 0.5) is 0 Å². The van der Waals surface area contributed by atoms with Gasteiger partial charge in [0, 0.05) is 22.5 Å². The molecule has 0 aliphatic heterocycles. The number of rotatable bonds is 4. The first-order valence-electron chi connectivity index (χ1n) is 17.1. The van der Waals surface area contributed by atoms with Crippen LogP contribution >= 0.6 is 0 Å². The highest BCUT2D eigenvalue weighted by atomic mass is 14.8. The highest BCUT2D eigenvalue weighted by Crippen LogP contribution is 2.45. The topological polar surface area (TPSA) is 25.8 Å². The van der Waals surface area contributed by atoms with Crippen molar-refractivity contribution in [2.45, 2.75) is 0 Å². The first-order chi connectivity index (χ1) is 24.8. The summed E-state index contributed by atoms with van der Waals surface area (Å²) in [5.41, 5.74) is 11.2. The molecule has 232 valence electrons. The van der Waals surface area contributed by atoms with E-state index in [2.05, 4.69) is 170 Å². The van der Waals surface area contributed by atoms with Gasteiger partial charge >= 0.3 is 0 Å². The van der Waals surface area contributed by atoms with Crippen LogP contribution < -0.4 is 0 Å². The lowest BCUT2D eigenvalue weighted by molar-refractivity contribution is 1.37. The number of hydrogen-bond acceptors (Lipinski definition) is 2. The number of fused-ring (bicyclic) bond motifs is 8. The van der Waals surface area contributed by atoms with Crippen molar-refractivity contribution >= 4 is 54.1 Å². The number of aromatic nitrogens is 2. The van der Waals surface area contributed by atoms with Crippen molar-refractivity contribution in [2.75, 3.05) is 0 Å². The van der Waals surface area contributed by atoms with Crippen molar-refractivity contribution in [3.05, 3.63) is 182 Å². The van der Waals surface area contributed by atoms with Crippen molar-refractivity contribution in [1.29, 1.82) is 0 Å². The predicted molar refractivity (Wildman–Crippen MR) is 211 cm³/mol. The number of pyridine rings is 2. The average molecular weight is 635 g/mol. The van der Waals surface area contributed by atoms with Crippen molar-refractivity contribution < 1.29 is 0 Å². The molecular formula is C48H30N2. The molecule has 0 atom stereocenters. The van der Waals surface area contributed by atoms with Gasteiger partial charge in [-0.1, -0.05) is 146 Å². The zero-order chi connectivity index (χ0) is 33.0. The minimum absolute atomic E-state index is 0.931. The largest absolute Gasteiger partial charge is 0.254 e. The van der Waals surface area contributed by atoms with E-state index in [0.717, 1.165) is 38.6 Å². The van der Waals surface area contributed by atoms with Crippen LogP contribution in [-0.4, -0.2) is 9.97 Å². The molecule has 0 aliphatic rings. The molecule has 0 radical (unpaired) electrons. The zero-order valence-electron chi connectivity index (χ0n) is 27.2.